The Labute approximate surface area is 166 Å². The van der Waals surface area contributed by atoms with Gasteiger partial charge in [0.1, 0.15) is 11.5 Å². The zero-order valence-electron chi connectivity index (χ0n) is 14.6. The van der Waals surface area contributed by atoms with Crippen LogP contribution in [-0.4, -0.2) is 32.2 Å². The van der Waals surface area contributed by atoms with Crippen LogP contribution in [0.25, 0.3) is 0 Å². The molecule has 0 fully saturated rings. The third-order valence-electron chi connectivity index (χ3n) is 3.47. The van der Waals surface area contributed by atoms with Gasteiger partial charge in [-0.3, -0.25) is 9.59 Å². The van der Waals surface area contributed by atoms with Crippen molar-refractivity contribution in [1.29, 1.82) is 0 Å². The van der Waals surface area contributed by atoms with Crippen molar-refractivity contribution in [2.45, 2.75) is 6.54 Å². The van der Waals surface area contributed by atoms with Crippen molar-refractivity contribution in [2.75, 3.05) is 14.2 Å². The average Bonchev–Trinajstić information content (AvgIpc) is 2.67. The Morgan fingerprint density at radius 2 is 1.85 bits per heavy atom. The molecule has 2 N–H and O–H groups in total. The molecule has 0 unspecified atom stereocenters. The fourth-order valence-electron chi connectivity index (χ4n) is 2.06. The van der Waals surface area contributed by atoms with Gasteiger partial charge in [0.15, 0.2) is 0 Å². The van der Waals surface area contributed by atoms with Crippen LogP contribution in [0.3, 0.4) is 0 Å². The van der Waals surface area contributed by atoms with Crippen LogP contribution >= 0.6 is 23.2 Å². The van der Waals surface area contributed by atoms with E-state index < -0.39 is 11.8 Å². The Morgan fingerprint density at radius 3 is 2.52 bits per heavy atom. The molecule has 0 aromatic heterocycles. The lowest BCUT2D eigenvalue weighted by Crippen LogP contribution is -2.37. The van der Waals surface area contributed by atoms with Gasteiger partial charge in [0.2, 0.25) is 0 Å². The number of carbonyl (C=O) groups excluding carboxylic acids is 2. The number of hydrazone groups is 1. The second-order valence-corrected chi connectivity index (χ2v) is 6.07. The Morgan fingerprint density at radius 1 is 1.07 bits per heavy atom. The van der Waals surface area contributed by atoms with Gasteiger partial charge in [-0.25, -0.2) is 5.43 Å². The Hall–Kier alpha value is -2.77. The van der Waals surface area contributed by atoms with Crippen LogP contribution in [0.5, 0.6) is 11.5 Å². The number of nitrogens with one attached hydrogen (secondary N) is 2. The van der Waals surface area contributed by atoms with Gasteiger partial charge in [-0.1, -0.05) is 29.3 Å². The molecule has 0 heterocycles. The van der Waals surface area contributed by atoms with E-state index in [1.54, 1.807) is 43.5 Å². The summed E-state index contributed by atoms with van der Waals surface area (Å²) in [5, 5.41) is 7.09. The second kappa shape index (κ2) is 9.80. The molecule has 27 heavy (non-hydrogen) atoms. The van der Waals surface area contributed by atoms with E-state index in [9.17, 15) is 9.59 Å². The number of carbonyl (C=O) groups is 2. The number of nitrogens with zero attached hydrogens (tertiary/aromatic N) is 1. The van der Waals surface area contributed by atoms with Crippen LogP contribution in [0.4, 0.5) is 0 Å². The van der Waals surface area contributed by atoms with Gasteiger partial charge < -0.3 is 14.8 Å². The molecule has 142 valence electrons. The van der Waals surface area contributed by atoms with E-state index in [1.165, 1.54) is 13.3 Å². The molecule has 2 rings (SSSR count). The van der Waals surface area contributed by atoms with E-state index in [-0.39, 0.29) is 6.54 Å². The summed E-state index contributed by atoms with van der Waals surface area (Å²) in [7, 11) is 3.04. The molecule has 0 saturated carbocycles. The summed E-state index contributed by atoms with van der Waals surface area (Å²) < 4.78 is 10.3. The lowest BCUT2D eigenvalue weighted by atomic mass is 10.2. The first-order valence-corrected chi connectivity index (χ1v) is 8.47. The molecule has 0 aliphatic carbocycles. The maximum Gasteiger partial charge on any atom is 0.329 e. The number of hydrogen-bond acceptors (Lipinski definition) is 5. The van der Waals surface area contributed by atoms with Gasteiger partial charge in [-0.15, -0.1) is 0 Å². The van der Waals surface area contributed by atoms with E-state index in [2.05, 4.69) is 15.8 Å². The van der Waals surface area contributed by atoms with E-state index in [0.717, 1.165) is 0 Å². The first-order chi connectivity index (χ1) is 12.9. The van der Waals surface area contributed by atoms with Crippen LogP contribution in [0.1, 0.15) is 11.1 Å². The normalized spacial score (nSPS) is 10.5. The summed E-state index contributed by atoms with van der Waals surface area (Å²) in [5.41, 5.74) is 3.39. The number of rotatable bonds is 6. The van der Waals surface area contributed by atoms with Crippen molar-refractivity contribution in [3.05, 3.63) is 57.6 Å². The van der Waals surface area contributed by atoms with Crippen molar-refractivity contribution < 1.29 is 19.1 Å². The molecular weight excluding hydrogens is 393 g/mol. The highest BCUT2D eigenvalue weighted by Gasteiger charge is 2.13. The molecule has 9 heteroatoms. The maximum atomic E-state index is 11.8. The summed E-state index contributed by atoms with van der Waals surface area (Å²) in [6.07, 6.45) is 1.36. The first kappa shape index (κ1) is 20.5. The Balaban J connectivity index is 1.91. The van der Waals surface area contributed by atoms with Gasteiger partial charge in [0.05, 0.1) is 20.4 Å². The number of amides is 2. The smallest absolute Gasteiger partial charge is 0.329 e. The fraction of sp³-hybridized carbons (Fsp3) is 0.167. The Bertz CT molecular complexity index is 872. The SMILES string of the molecule is COc1ccc(/C=N\NC(=O)C(=O)NCc2ccc(Cl)cc2Cl)c(OC)c1. The molecule has 0 bridgehead atoms. The molecule has 7 nitrogen and oxygen atoms in total. The van der Waals surface area contributed by atoms with Crippen molar-refractivity contribution in [2.24, 2.45) is 5.10 Å². The second-order valence-electron chi connectivity index (χ2n) is 5.23. The van der Waals surface area contributed by atoms with E-state index in [4.69, 9.17) is 32.7 Å². The van der Waals surface area contributed by atoms with E-state index in [0.29, 0.717) is 32.7 Å². The third-order valence-corrected chi connectivity index (χ3v) is 4.06. The minimum Gasteiger partial charge on any atom is -0.497 e. The summed E-state index contributed by atoms with van der Waals surface area (Å²) >= 11 is 11.8. The lowest BCUT2D eigenvalue weighted by Gasteiger charge is -2.07. The van der Waals surface area contributed by atoms with Crippen LogP contribution in [0.15, 0.2) is 41.5 Å². The lowest BCUT2D eigenvalue weighted by molar-refractivity contribution is -0.139. The summed E-state index contributed by atoms with van der Waals surface area (Å²) in [6.45, 7) is 0.0816. The molecule has 0 saturated heterocycles. The van der Waals surface area contributed by atoms with Gasteiger partial charge in [0.25, 0.3) is 0 Å². The minimum absolute atomic E-state index is 0.0816. The van der Waals surface area contributed by atoms with Gasteiger partial charge in [0, 0.05) is 28.2 Å². The summed E-state index contributed by atoms with van der Waals surface area (Å²) in [6, 6.07) is 9.95. The number of hydrogen-bond donors (Lipinski definition) is 2. The zero-order chi connectivity index (χ0) is 19.8. The summed E-state index contributed by atoms with van der Waals surface area (Å²) in [4.78, 5) is 23.6. The summed E-state index contributed by atoms with van der Waals surface area (Å²) in [5.74, 6) is -0.633. The van der Waals surface area contributed by atoms with E-state index >= 15 is 0 Å². The highest BCUT2D eigenvalue weighted by atomic mass is 35.5. The zero-order valence-corrected chi connectivity index (χ0v) is 16.1. The molecular formula is C18H17Cl2N3O4. The Kier molecular flexibility index (Phi) is 7.45. The molecule has 2 amide bonds. The number of ether oxygens (including phenoxy) is 2. The number of halogens is 2. The maximum absolute atomic E-state index is 11.8. The molecule has 0 radical (unpaired) electrons. The fourth-order valence-corrected chi connectivity index (χ4v) is 2.53. The van der Waals surface area contributed by atoms with Crippen molar-refractivity contribution >= 4 is 41.2 Å². The highest BCUT2D eigenvalue weighted by Crippen LogP contribution is 2.23. The van der Waals surface area contributed by atoms with Crippen LogP contribution in [0.2, 0.25) is 10.0 Å². The highest BCUT2D eigenvalue weighted by molar-refractivity contribution is 6.36. The predicted octanol–water partition coefficient (Wildman–Crippen LogP) is 2.78. The minimum atomic E-state index is -0.913. The van der Waals surface area contributed by atoms with Crippen LogP contribution < -0.4 is 20.2 Å². The van der Waals surface area contributed by atoms with Gasteiger partial charge in [-0.2, -0.15) is 5.10 Å². The molecule has 0 spiro atoms. The number of methoxy groups -OCH3 is 2. The van der Waals surface area contributed by atoms with Crippen LogP contribution in [0, 0.1) is 0 Å². The van der Waals surface area contributed by atoms with Crippen molar-refractivity contribution in [3.63, 3.8) is 0 Å². The standard InChI is InChI=1S/C18H17Cl2N3O4/c1-26-14-6-4-12(16(8-14)27-2)10-22-23-18(25)17(24)21-9-11-3-5-13(19)7-15(11)20/h3-8,10H,9H2,1-2H3,(H,21,24)(H,23,25)/b22-10-. The molecule has 0 aliphatic heterocycles. The number of benzene rings is 2. The van der Waals surface area contributed by atoms with Crippen LogP contribution in [-0.2, 0) is 16.1 Å². The van der Waals surface area contributed by atoms with Crippen molar-refractivity contribution in [3.8, 4) is 11.5 Å². The van der Waals surface area contributed by atoms with Crippen molar-refractivity contribution in [1.82, 2.24) is 10.7 Å². The average molecular weight is 410 g/mol. The topological polar surface area (TPSA) is 89.0 Å². The predicted molar refractivity (Wildman–Crippen MR) is 104 cm³/mol. The monoisotopic (exact) mass is 409 g/mol. The first-order valence-electron chi connectivity index (χ1n) is 7.71. The quantitative estimate of drug-likeness (QED) is 0.436. The van der Waals surface area contributed by atoms with Gasteiger partial charge in [-0.05, 0) is 29.8 Å². The molecule has 0 aliphatic rings. The third kappa shape index (κ3) is 5.87. The molecule has 0 atom stereocenters. The van der Waals surface area contributed by atoms with Gasteiger partial charge >= 0.3 is 11.8 Å². The van der Waals surface area contributed by atoms with E-state index in [1.807, 2.05) is 0 Å². The molecule has 2 aromatic rings. The largest absolute Gasteiger partial charge is 0.497 e. The molecule has 2 aromatic carbocycles.